The van der Waals surface area contributed by atoms with Crippen LogP contribution in [0.3, 0.4) is 0 Å². The van der Waals surface area contributed by atoms with E-state index >= 15 is 0 Å². The van der Waals surface area contributed by atoms with Crippen molar-refractivity contribution in [1.29, 1.82) is 0 Å². The molecule has 0 aliphatic heterocycles. The molecule has 9 heteroatoms. The number of fused-ring (bicyclic) bond motifs is 4. The van der Waals surface area contributed by atoms with Crippen molar-refractivity contribution >= 4 is 101 Å². The van der Waals surface area contributed by atoms with Gasteiger partial charge in [-0.3, -0.25) is 4.98 Å². The number of hydrogen-bond donors (Lipinski definition) is 2. The van der Waals surface area contributed by atoms with Crippen molar-refractivity contribution in [3.05, 3.63) is 218 Å². The van der Waals surface area contributed by atoms with E-state index in [2.05, 4.69) is 205 Å². The van der Waals surface area contributed by atoms with Crippen LogP contribution in [0.15, 0.2) is 212 Å². The molecule has 9 aromatic carbocycles. The van der Waals surface area contributed by atoms with Gasteiger partial charge in [0.15, 0.2) is 0 Å². The number of aromatic nitrogens is 4. The van der Waals surface area contributed by atoms with Crippen LogP contribution in [0.5, 0.6) is 0 Å². The first kappa shape index (κ1) is 41.8. The first-order chi connectivity index (χ1) is 34.6. The molecule has 0 unspecified atom stereocenters. The topological polar surface area (TPSA) is 75.6 Å². The summed E-state index contributed by atoms with van der Waals surface area (Å²) >= 11 is 4.73. The minimum Gasteiger partial charge on any atom is -0.355 e. The Balaban J connectivity index is 0.828. The molecule has 4 heterocycles. The molecule has 332 valence electrons. The summed E-state index contributed by atoms with van der Waals surface area (Å²) in [5, 5.41) is 12.2. The molecular formula is C61H40N6S3. The largest absolute Gasteiger partial charge is 0.355 e. The van der Waals surface area contributed by atoms with Gasteiger partial charge in [0.1, 0.15) is 22.1 Å². The number of anilines is 4. The molecule has 4 aromatic heterocycles. The molecule has 0 radical (unpaired) electrons. The Labute approximate surface area is 416 Å². The molecule has 70 heavy (non-hydrogen) atoms. The molecule has 2 N–H and O–H groups in total. The number of nitrogens with zero attached hydrogens (tertiary/aromatic N) is 4. The van der Waals surface area contributed by atoms with E-state index in [1.165, 1.54) is 33.3 Å². The molecular weight excluding hydrogens is 913 g/mol. The predicted molar refractivity (Wildman–Crippen MR) is 298 cm³/mol. The summed E-state index contributed by atoms with van der Waals surface area (Å²) in [6.07, 6.45) is 1.86. The average molecular weight is 953 g/mol. The highest BCUT2D eigenvalue weighted by atomic mass is 32.1. The van der Waals surface area contributed by atoms with Crippen LogP contribution in [0.25, 0.3) is 108 Å². The monoisotopic (exact) mass is 952 g/mol. The van der Waals surface area contributed by atoms with E-state index in [4.69, 9.17) is 18.7 Å². The Bertz CT molecular complexity index is 4070. The van der Waals surface area contributed by atoms with Crippen molar-refractivity contribution in [2.75, 3.05) is 10.6 Å². The second-order valence-electron chi connectivity index (χ2n) is 17.3. The molecule has 0 spiro atoms. The van der Waals surface area contributed by atoms with Crippen molar-refractivity contribution < 1.29 is 0 Å². The zero-order valence-electron chi connectivity index (χ0n) is 37.7. The maximum Gasteiger partial charge on any atom is 0.116 e. The lowest BCUT2D eigenvalue weighted by Gasteiger charge is -2.16. The van der Waals surface area contributed by atoms with Crippen molar-refractivity contribution in [3.63, 3.8) is 0 Å². The zero-order valence-corrected chi connectivity index (χ0v) is 40.2. The molecule has 0 aliphatic carbocycles. The fraction of sp³-hybridized carbons (Fsp3) is 0.0164. The van der Waals surface area contributed by atoms with Crippen LogP contribution in [-0.4, -0.2) is 18.7 Å². The number of hydrogen-bond acceptors (Lipinski definition) is 9. The van der Waals surface area contributed by atoms with E-state index in [-0.39, 0.29) is 0 Å². The third-order valence-corrected chi connectivity index (χ3v) is 15.8. The highest BCUT2D eigenvalue weighted by Crippen LogP contribution is 2.48. The zero-order chi connectivity index (χ0) is 46.5. The lowest BCUT2D eigenvalue weighted by Crippen LogP contribution is -1.95. The van der Waals surface area contributed by atoms with Gasteiger partial charge in [-0.2, -0.15) is 8.75 Å². The highest BCUT2D eigenvalue weighted by molar-refractivity contribution is 7.19. The van der Waals surface area contributed by atoms with Gasteiger partial charge in [-0.05, 0) is 88.5 Å². The van der Waals surface area contributed by atoms with Gasteiger partial charge in [0.25, 0.3) is 0 Å². The smallest absolute Gasteiger partial charge is 0.116 e. The Morgan fingerprint density at radius 1 is 0.371 bits per heavy atom. The SMILES string of the molecule is Cc1cnc2c(-c3ccc(-c4ccc(-c5ccc6ccccc6c5Nc5ccccc5)cc4)s3)c3nsnc3c(-c3ccc(-c4ccc(-c5ccc6ccccc6c5Nc5ccccc5)cc4)s3)c2n1. The molecule has 13 aromatic rings. The first-order valence-electron chi connectivity index (χ1n) is 23.1. The van der Waals surface area contributed by atoms with E-state index in [1.807, 2.05) is 25.3 Å². The van der Waals surface area contributed by atoms with Crippen LogP contribution in [-0.2, 0) is 0 Å². The van der Waals surface area contributed by atoms with Gasteiger partial charge in [-0.15, -0.1) is 22.7 Å². The van der Waals surface area contributed by atoms with Gasteiger partial charge in [0.05, 0.1) is 28.8 Å². The minimum atomic E-state index is 0.828. The second kappa shape index (κ2) is 17.6. The second-order valence-corrected chi connectivity index (χ2v) is 20.0. The van der Waals surface area contributed by atoms with Crippen LogP contribution in [0.4, 0.5) is 22.7 Å². The molecule has 6 nitrogen and oxygen atoms in total. The summed E-state index contributed by atoms with van der Waals surface area (Å²) in [5.74, 6) is 0. The van der Waals surface area contributed by atoms with E-state index in [9.17, 15) is 0 Å². The standard InChI is InChI=1S/C61H40N6S3/c1-37-36-62-58-54(52-34-32-50(68-52)42-24-20-40(21-25-42)48-30-28-38-12-8-10-18-46(38)56(48)64-44-14-4-2-5-15-44)60-61(67-70-66-60)55(59(58)63-37)53-35-33-51(69-53)43-26-22-41(23-27-43)49-31-29-39-13-9-11-19-47(39)57(49)65-45-16-6-3-7-17-45/h2-36,64-65H,1H3. The molecule has 0 aliphatic rings. The first-order valence-corrected chi connectivity index (χ1v) is 25.5. The summed E-state index contributed by atoms with van der Waals surface area (Å²) in [5.41, 5.74) is 17.3. The van der Waals surface area contributed by atoms with Crippen LogP contribution in [0, 0.1) is 6.92 Å². The van der Waals surface area contributed by atoms with Crippen molar-refractivity contribution in [3.8, 4) is 64.0 Å². The van der Waals surface area contributed by atoms with E-state index < -0.39 is 0 Å². The lowest BCUT2D eigenvalue weighted by atomic mass is 9.97. The highest BCUT2D eigenvalue weighted by Gasteiger charge is 2.25. The van der Waals surface area contributed by atoms with Gasteiger partial charge in [0.2, 0.25) is 0 Å². The molecule has 0 saturated heterocycles. The number of aryl methyl sites for hydroxylation is 1. The van der Waals surface area contributed by atoms with E-state index in [1.54, 1.807) is 22.7 Å². The van der Waals surface area contributed by atoms with Gasteiger partial charge < -0.3 is 10.6 Å². The third-order valence-electron chi connectivity index (χ3n) is 12.9. The maximum absolute atomic E-state index is 5.19. The van der Waals surface area contributed by atoms with Gasteiger partial charge in [-0.25, -0.2) is 4.98 Å². The number of thiophene rings is 2. The average Bonchev–Trinajstić information content (AvgIpc) is 4.22. The summed E-state index contributed by atoms with van der Waals surface area (Å²) < 4.78 is 9.93. The molecule has 0 fully saturated rings. The van der Waals surface area contributed by atoms with Gasteiger partial charge in [0, 0.05) is 70.1 Å². The fourth-order valence-corrected chi connectivity index (χ4v) is 12.2. The Kier molecular flexibility index (Phi) is 10.5. The molecule has 0 saturated carbocycles. The number of nitrogens with one attached hydrogen (secondary N) is 2. The van der Waals surface area contributed by atoms with E-state index in [0.29, 0.717) is 0 Å². The predicted octanol–water partition coefficient (Wildman–Crippen LogP) is 17.9. The summed E-state index contributed by atoms with van der Waals surface area (Å²) in [6.45, 7) is 2.00. The van der Waals surface area contributed by atoms with Crippen LogP contribution >= 0.6 is 34.4 Å². The summed E-state index contributed by atoms with van der Waals surface area (Å²) in [7, 11) is 0. The molecule has 13 rings (SSSR count). The van der Waals surface area contributed by atoms with Gasteiger partial charge >= 0.3 is 0 Å². The quantitative estimate of drug-likeness (QED) is 0.142. The van der Waals surface area contributed by atoms with Crippen LogP contribution in [0.1, 0.15) is 5.69 Å². The fourth-order valence-electron chi connectivity index (χ4n) is 9.55. The molecule has 0 atom stereocenters. The normalized spacial score (nSPS) is 11.5. The van der Waals surface area contributed by atoms with Crippen molar-refractivity contribution in [1.82, 2.24) is 18.7 Å². The van der Waals surface area contributed by atoms with Crippen molar-refractivity contribution in [2.45, 2.75) is 6.92 Å². The Morgan fingerprint density at radius 2 is 0.800 bits per heavy atom. The van der Waals surface area contributed by atoms with Crippen molar-refractivity contribution in [2.24, 2.45) is 0 Å². The maximum atomic E-state index is 5.19. The van der Waals surface area contributed by atoms with E-state index in [0.717, 1.165) is 115 Å². The minimum absolute atomic E-state index is 0.828. The number of rotatable bonds is 10. The van der Waals surface area contributed by atoms with Crippen LogP contribution in [0.2, 0.25) is 0 Å². The van der Waals surface area contributed by atoms with Gasteiger partial charge in [-0.1, -0.05) is 158 Å². The molecule has 0 amide bonds. The third kappa shape index (κ3) is 7.57. The van der Waals surface area contributed by atoms with Crippen LogP contribution < -0.4 is 10.6 Å². The number of para-hydroxylation sites is 2. The lowest BCUT2D eigenvalue weighted by molar-refractivity contribution is 1.19. The Hall–Kier alpha value is -8.34. The molecule has 0 bridgehead atoms. The summed E-state index contributed by atoms with van der Waals surface area (Å²) in [4.78, 5) is 14.8. The number of benzene rings is 9. The summed E-state index contributed by atoms with van der Waals surface area (Å²) in [6, 6.07) is 73.3. The Morgan fingerprint density at radius 3 is 1.30 bits per heavy atom.